The van der Waals surface area contributed by atoms with Crippen LogP contribution in [-0.4, -0.2) is 55.5 Å². The highest BCUT2D eigenvalue weighted by Crippen LogP contribution is 2.26. The SMILES string of the molecule is O=C(C1CC(F)(F)CN1)N1CCN(c2ccc(F)cc2)CC1. The van der Waals surface area contributed by atoms with Crippen molar-refractivity contribution in [2.75, 3.05) is 37.6 Å². The summed E-state index contributed by atoms with van der Waals surface area (Å²) in [5, 5.41) is 2.60. The summed E-state index contributed by atoms with van der Waals surface area (Å²) in [4.78, 5) is 15.9. The first-order valence-corrected chi connectivity index (χ1v) is 7.35. The first-order valence-electron chi connectivity index (χ1n) is 7.35. The zero-order chi connectivity index (χ0) is 15.7. The van der Waals surface area contributed by atoms with E-state index in [1.165, 1.54) is 12.1 Å². The van der Waals surface area contributed by atoms with Crippen LogP contribution in [0.5, 0.6) is 0 Å². The number of rotatable bonds is 2. The molecule has 1 amide bonds. The van der Waals surface area contributed by atoms with Crippen LogP contribution < -0.4 is 10.2 Å². The van der Waals surface area contributed by atoms with Crippen molar-refractivity contribution >= 4 is 11.6 Å². The molecule has 0 spiro atoms. The molecule has 4 nitrogen and oxygen atoms in total. The summed E-state index contributed by atoms with van der Waals surface area (Å²) in [6.45, 7) is 1.76. The standard InChI is InChI=1S/C15H18F3N3O/c16-11-1-3-12(4-2-11)20-5-7-21(8-6-20)14(22)13-9-15(17,18)10-19-13/h1-4,13,19H,5-10H2. The molecule has 2 fully saturated rings. The lowest BCUT2D eigenvalue weighted by Crippen LogP contribution is -2.53. The van der Waals surface area contributed by atoms with Crippen molar-refractivity contribution in [3.8, 4) is 0 Å². The number of alkyl halides is 2. The van der Waals surface area contributed by atoms with E-state index in [4.69, 9.17) is 0 Å². The number of nitrogens with zero attached hydrogens (tertiary/aromatic N) is 2. The number of halogens is 3. The highest BCUT2D eigenvalue weighted by Gasteiger charge is 2.43. The number of benzene rings is 1. The van der Waals surface area contributed by atoms with Gasteiger partial charge in [0.25, 0.3) is 5.92 Å². The number of nitrogens with one attached hydrogen (secondary N) is 1. The van der Waals surface area contributed by atoms with Crippen LogP contribution in [0.15, 0.2) is 24.3 Å². The minimum Gasteiger partial charge on any atom is -0.368 e. The minimum absolute atomic E-state index is 0.254. The number of carbonyl (C=O) groups excluding carboxylic acids is 1. The third kappa shape index (κ3) is 3.19. The zero-order valence-corrected chi connectivity index (χ0v) is 12.1. The molecule has 0 radical (unpaired) electrons. The molecular weight excluding hydrogens is 295 g/mol. The van der Waals surface area contributed by atoms with Gasteiger partial charge in [-0.05, 0) is 24.3 Å². The van der Waals surface area contributed by atoms with Crippen LogP contribution in [0.3, 0.4) is 0 Å². The number of anilines is 1. The molecule has 0 bridgehead atoms. The lowest BCUT2D eigenvalue weighted by Gasteiger charge is -2.37. The fraction of sp³-hybridized carbons (Fsp3) is 0.533. The Bertz CT molecular complexity index is 541. The summed E-state index contributed by atoms with van der Waals surface area (Å²) >= 11 is 0. The van der Waals surface area contributed by atoms with E-state index in [1.54, 1.807) is 17.0 Å². The van der Waals surface area contributed by atoms with Crippen LogP contribution in [0.2, 0.25) is 0 Å². The maximum absolute atomic E-state index is 13.2. The largest absolute Gasteiger partial charge is 0.368 e. The Kier molecular flexibility index (Phi) is 3.99. The van der Waals surface area contributed by atoms with Crippen molar-refractivity contribution < 1.29 is 18.0 Å². The zero-order valence-electron chi connectivity index (χ0n) is 12.1. The van der Waals surface area contributed by atoms with Gasteiger partial charge in [0.1, 0.15) is 5.82 Å². The van der Waals surface area contributed by atoms with Crippen LogP contribution in [0, 0.1) is 5.82 Å². The molecular formula is C15H18F3N3O. The van der Waals surface area contributed by atoms with E-state index in [-0.39, 0.29) is 11.7 Å². The second kappa shape index (κ2) is 5.79. The van der Waals surface area contributed by atoms with Crippen LogP contribution >= 0.6 is 0 Å². The second-order valence-corrected chi connectivity index (χ2v) is 5.78. The van der Waals surface area contributed by atoms with Crippen molar-refractivity contribution in [2.24, 2.45) is 0 Å². The smallest absolute Gasteiger partial charge is 0.262 e. The van der Waals surface area contributed by atoms with E-state index in [9.17, 15) is 18.0 Å². The maximum atomic E-state index is 13.2. The van der Waals surface area contributed by atoms with E-state index >= 15 is 0 Å². The van der Waals surface area contributed by atoms with Gasteiger partial charge in [-0.25, -0.2) is 13.2 Å². The normalized spacial score (nSPS) is 24.6. The van der Waals surface area contributed by atoms with Crippen LogP contribution in [0.1, 0.15) is 6.42 Å². The Morgan fingerprint density at radius 2 is 1.77 bits per heavy atom. The van der Waals surface area contributed by atoms with Gasteiger partial charge in [0, 0.05) is 38.3 Å². The molecule has 1 N–H and O–H groups in total. The highest BCUT2D eigenvalue weighted by molar-refractivity contribution is 5.82. The highest BCUT2D eigenvalue weighted by atomic mass is 19.3. The van der Waals surface area contributed by atoms with Gasteiger partial charge in [-0.3, -0.25) is 10.1 Å². The Morgan fingerprint density at radius 1 is 1.14 bits per heavy atom. The summed E-state index contributed by atoms with van der Waals surface area (Å²) in [5.41, 5.74) is 0.902. The van der Waals surface area contributed by atoms with Crippen molar-refractivity contribution in [3.63, 3.8) is 0 Å². The second-order valence-electron chi connectivity index (χ2n) is 5.78. The number of hydrogen-bond donors (Lipinski definition) is 1. The first-order chi connectivity index (χ1) is 10.4. The summed E-state index contributed by atoms with van der Waals surface area (Å²) in [5.74, 6) is -3.34. The fourth-order valence-corrected chi connectivity index (χ4v) is 2.95. The maximum Gasteiger partial charge on any atom is 0.262 e. The Morgan fingerprint density at radius 3 is 2.32 bits per heavy atom. The minimum atomic E-state index is -2.80. The molecule has 0 aromatic heterocycles. The predicted octanol–water partition coefficient (Wildman–Crippen LogP) is 1.47. The van der Waals surface area contributed by atoms with Crippen molar-refractivity contribution in [1.29, 1.82) is 0 Å². The molecule has 2 aliphatic rings. The Hall–Kier alpha value is -1.76. The molecule has 120 valence electrons. The van der Waals surface area contributed by atoms with Gasteiger partial charge in [0.15, 0.2) is 0 Å². The molecule has 22 heavy (non-hydrogen) atoms. The van der Waals surface area contributed by atoms with Crippen molar-refractivity contribution in [3.05, 3.63) is 30.1 Å². The molecule has 2 saturated heterocycles. The summed E-state index contributed by atoms with van der Waals surface area (Å²) in [6.07, 6.45) is -0.427. The molecule has 0 saturated carbocycles. The average molecular weight is 313 g/mol. The molecule has 7 heteroatoms. The summed E-state index contributed by atoms with van der Waals surface area (Å²) in [7, 11) is 0. The number of amides is 1. The first kappa shape index (κ1) is 15.1. The van der Waals surface area contributed by atoms with Gasteiger partial charge in [0.05, 0.1) is 12.6 Å². The monoisotopic (exact) mass is 313 g/mol. The van der Waals surface area contributed by atoms with E-state index < -0.39 is 24.9 Å². The van der Waals surface area contributed by atoms with Gasteiger partial charge in [-0.15, -0.1) is 0 Å². The Balaban J connectivity index is 1.55. The summed E-state index contributed by atoms with van der Waals surface area (Å²) < 4.78 is 39.2. The lowest BCUT2D eigenvalue weighted by atomic mass is 10.1. The average Bonchev–Trinajstić information content (AvgIpc) is 2.88. The van der Waals surface area contributed by atoms with Gasteiger partial charge in [-0.2, -0.15) is 0 Å². The third-order valence-electron chi connectivity index (χ3n) is 4.19. The van der Waals surface area contributed by atoms with E-state index in [0.717, 1.165) is 5.69 Å². The molecule has 1 atom stereocenters. The van der Waals surface area contributed by atoms with Crippen molar-refractivity contribution in [2.45, 2.75) is 18.4 Å². The molecule has 1 unspecified atom stereocenters. The molecule has 3 rings (SSSR count). The number of carbonyl (C=O) groups is 1. The molecule has 2 heterocycles. The Labute approximate surface area is 126 Å². The number of hydrogen-bond acceptors (Lipinski definition) is 3. The fourth-order valence-electron chi connectivity index (χ4n) is 2.95. The van der Waals surface area contributed by atoms with E-state index in [1.807, 2.05) is 0 Å². The molecule has 2 aliphatic heterocycles. The molecule has 1 aromatic carbocycles. The van der Waals surface area contributed by atoms with Gasteiger partial charge >= 0.3 is 0 Å². The van der Waals surface area contributed by atoms with Crippen molar-refractivity contribution in [1.82, 2.24) is 10.2 Å². The van der Waals surface area contributed by atoms with E-state index in [2.05, 4.69) is 10.2 Å². The predicted molar refractivity (Wildman–Crippen MR) is 76.5 cm³/mol. The summed E-state index contributed by atoms with van der Waals surface area (Å²) in [6, 6.07) is 5.42. The lowest BCUT2D eigenvalue weighted by molar-refractivity contribution is -0.134. The molecule has 1 aromatic rings. The number of piperazine rings is 1. The van der Waals surface area contributed by atoms with Crippen LogP contribution in [0.25, 0.3) is 0 Å². The van der Waals surface area contributed by atoms with Gasteiger partial charge in [-0.1, -0.05) is 0 Å². The third-order valence-corrected chi connectivity index (χ3v) is 4.19. The van der Waals surface area contributed by atoms with Gasteiger partial charge < -0.3 is 9.80 Å². The van der Waals surface area contributed by atoms with Gasteiger partial charge in [0.2, 0.25) is 5.91 Å². The quantitative estimate of drug-likeness (QED) is 0.898. The van der Waals surface area contributed by atoms with Crippen LogP contribution in [-0.2, 0) is 4.79 Å². The topological polar surface area (TPSA) is 35.6 Å². The van der Waals surface area contributed by atoms with Crippen LogP contribution in [0.4, 0.5) is 18.9 Å². The molecule has 0 aliphatic carbocycles. The van der Waals surface area contributed by atoms with E-state index in [0.29, 0.717) is 26.2 Å².